The molecule has 0 spiro atoms. The molecule has 0 bridgehead atoms. The second-order valence-electron chi connectivity index (χ2n) is 10.2. The van der Waals surface area contributed by atoms with E-state index in [9.17, 15) is 23.7 Å². The molecule has 4 N–H and O–H groups in total. The zero-order valence-corrected chi connectivity index (χ0v) is 29.7. The molecule has 1 heterocycles. The number of amides is 3. The van der Waals surface area contributed by atoms with Crippen molar-refractivity contribution in [2.24, 2.45) is 0 Å². The molecule has 1 unspecified atom stereocenters. The van der Waals surface area contributed by atoms with Crippen molar-refractivity contribution in [3.8, 4) is 23.0 Å². The van der Waals surface area contributed by atoms with Gasteiger partial charge in [0.1, 0.15) is 42.0 Å². The summed E-state index contributed by atoms with van der Waals surface area (Å²) in [6.07, 6.45) is -0.834. The summed E-state index contributed by atoms with van der Waals surface area (Å²) in [6.45, 7) is 0.444. The van der Waals surface area contributed by atoms with Crippen molar-refractivity contribution in [2.75, 3.05) is 39.1 Å². The molecule has 0 aliphatic heterocycles. The maximum atomic E-state index is 13.1. The van der Waals surface area contributed by atoms with Crippen LogP contribution in [-0.2, 0) is 23.4 Å². The Balaban J connectivity index is 0.00000702. The van der Waals surface area contributed by atoms with Crippen LogP contribution in [0.1, 0.15) is 17.3 Å². The lowest BCUT2D eigenvalue weighted by atomic mass is 10.1. The van der Waals surface area contributed by atoms with Crippen molar-refractivity contribution in [1.29, 1.82) is 0 Å². The number of alkyl carbamates (subject to hydrolysis) is 1. The second kappa shape index (κ2) is 18.9. The summed E-state index contributed by atoms with van der Waals surface area (Å²) < 4.78 is 44.5. The smallest absolute Gasteiger partial charge is 0.417 e. The number of nitrogens with zero attached hydrogens (tertiary/aromatic N) is 1. The van der Waals surface area contributed by atoms with Crippen molar-refractivity contribution in [1.82, 2.24) is 15.4 Å². The Hall–Kier alpha value is -4.96. The first kappa shape index (κ1) is 40.5. The van der Waals surface area contributed by atoms with E-state index < -0.39 is 57.2 Å². The van der Waals surface area contributed by atoms with Gasteiger partial charge in [0.05, 0.1) is 35.5 Å². The first-order chi connectivity index (χ1) is 23.9. The highest BCUT2D eigenvalue weighted by molar-refractivity contribution is 7.56. The van der Waals surface area contributed by atoms with Crippen LogP contribution < -0.4 is 29.9 Å². The van der Waals surface area contributed by atoms with Crippen LogP contribution in [0.25, 0.3) is 10.9 Å². The zero-order valence-electron chi connectivity index (χ0n) is 27.2. The number of halogens is 2. The number of carboxylic acid groups (broad SMARTS) is 1. The lowest BCUT2D eigenvalue weighted by molar-refractivity contribution is -0.138. The molecular formula is C32H33Cl2N4O12P. The summed E-state index contributed by atoms with van der Waals surface area (Å²) >= 11 is 6.40. The van der Waals surface area contributed by atoms with Crippen LogP contribution in [0.4, 0.5) is 15.3 Å². The van der Waals surface area contributed by atoms with Gasteiger partial charge in [-0.15, -0.1) is 12.4 Å². The average Bonchev–Trinajstić information content (AvgIpc) is 3.08. The van der Waals surface area contributed by atoms with Gasteiger partial charge in [-0.3, -0.25) is 29.8 Å². The molecule has 0 fully saturated rings. The molecule has 0 aliphatic carbocycles. The van der Waals surface area contributed by atoms with E-state index >= 15 is 0 Å². The number of hydrogen-bond acceptors (Lipinski definition) is 12. The number of anilines is 1. The largest absolute Gasteiger partial charge is 0.496 e. The molecule has 1 aromatic heterocycles. The average molecular weight is 768 g/mol. The number of aromatic nitrogens is 1. The third kappa shape index (κ3) is 11.5. The number of para-hydroxylation sites is 1. The Labute approximate surface area is 302 Å². The number of nitrogens with one attached hydrogen (secondary N) is 3. The molecular weight excluding hydrogens is 734 g/mol. The third-order valence-electron chi connectivity index (χ3n) is 6.52. The fourth-order valence-electron chi connectivity index (χ4n) is 4.25. The molecule has 16 nitrogen and oxygen atoms in total. The van der Waals surface area contributed by atoms with Gasteiger partial charge in [0.2, 0.25) is 0 Å². The minimum absolute atomic E-state index is 0. The number of benzene rings is 3. The number of fused-ring (bicyclic) bond motifs is 1. The van der Waals surface area contributed by atoms with Crippen molar-refractivity contribution < 1.29 is 57.1 Å². The number of methoxy groups -OCH3 is 2. The number of ether oxygens (including phenoxy) is 5. The minimum Gasteiger partial charge on any atom is -0.496 e. The molecule has 4 rings (SSSR count). The maximum Gasteiger partial charge on any atom is 0.417 e. The van der Waals surface area contributed by atoms with Gasteiger partial charge in [-0.05, 0) is 43.3 Å². The maximum absolute atomic E-state index is 13.1. The van der Waals surface area contributed by atoms with Gasteiger partial charge in [-0.1, -0.05) is 29.8 Å². The summed E-state index contributed by atoms with van der Waals surface area (Å²) in [5.41, 5.74) is 0.613. The third-order valence-corrected chi connectivity index (χ3v) is 8.81. The second-order valence-corrected chi connectivity index (χ2v) is 12.7. The lowest BCUT2D eigenvalue weighted by Gasteiger charge is -2.21. The molecule has 0 saturated heterocycles. The Morgan fingerprint density at radius 1 is 0.941 bits per heavy atom. The zero-order chi connectivity index (χ0) is 36.3. The Bertz CT molecular complexity index is 1920. The summed E-state index contributed by atoms with van der Waals surface area (Å²) in [7, 11) is -1.16. The van der Waals surface area contributed by atoms with Crippen LogP contribution in [0.3, 0.4) is 0 Å². The van der Waals surface area contributed by atoms with E-state index in [2.05, 4.69) is 20.7 Å². The fourth-order valence-corrected chi connectivity index (χ4v) is 6.10. The highest BCUT2D eigenvalue weighted by Crippen LogP contribution is 2.42. The van der Waals surface area contributed by atoms with E-state index in [-0.39, 0.29) is 40.2 Å². The number of carboxylic acids is 1. The van der Waals surface area contributed by atoms with E-state index in [1.54, 1.807) is 42.5 Å². The van der Waals surface area contributed by atoms with Crippen LogP contribution in [0.15, 0.2) is 72.9 Å². The number of aliphatic carboxylic acids is 1. The molecule has 272 valence electrons. The highest BCUT2D eigenvalue weighted by atomic mass is 35.5. The predicted molar refractivity (Wildman–Crippen MR) is 188 cm³/mol. The summed E-state index contributed by atoms with van der Waals surface area (Å²) in [5.74, 6) is -1.12. The van der Waals surface area contributed by atoms with Crippen LogP contribution >= 0.6 is 31.5 Å². The number of hydrogen-bond donors (Lipinski definition) is 4. The molecule has 19 heteroatoms. The van der Waals surface area contributed by atoms with Gasteiger partial charge in [-0.25, -0.2) is 14.7 Å². The van der Waals surface area contributed by atoms with Crippen molar-refractivity contribution >= 4 is 72.2 Å². The van der Waals surface area contributed by atoms with Gasteiger partial charge in [0.15, 0.2) is 0 Å². The van der Waals surface area contributed by atoms with Gasteiger partial charge < -0.3 is 33.3 Å². The van der Waals surface area contributed by atoms with Crippen molar-refractivity contribution in [3.63, 3.8) is 0 Å². The van der Waals surface area contributed by atoms with Gasteiger partial charge >= 0.3 is 18.2 Å². The predicted octanol–water partition coefficient (Wildman–Crippen LogP) is 6.46. The van der Waals surface area contributed by atoms with Crippen LogP contribution in [0, 0.1) is 0 Å². The minimum atomic E-state index is -3.75. The SMILES string of the molecule is COCP(=O)(N[C@@H](C)C(=O)O)OCCOC(=O)NC(=O)c1cc2c(Oc3ccc(NC(=O)Oc4ccccc4)c(Cl)c3)ccnc2cc1OC.Cl. The molecule has 4 aromatic rings. The molecule has 3 amide bonds. The monoisotopic (exact) mass is 766 g/mol. The molecule has 2 atom stereocenters. The van der Waals surface area contributed by atoms with Crippen LogP contribution in [0.5, 0.6) is 23.0 Å². The molecule has 0 radical (unpaired) electrons. The van der Waals surface area contributed by atoms with Crippen LogP contribution in [0.2, 0.25) is 5.02 Å². The standard InChI is InChI=1S/C32H32ClN4O12P.ClH/c1-19(30(39)40)37-50(43,18-44-2)47-14-13-46-31(41)36-29(38)23-16-22-26(17-28(23)45-3)34-12-11-27(22)48-21-9-10-25(24(33)15-21)35-32(42)49-20-7-5-4-6-8-20;/h4-12,15-17,19H,13-14,18H2,1-3H3,(H,35,42)(H,37,43)(H,39,40)(H,36,38,41);1H/t19-,50?;/m0./s1. The van der Waals surface area contributed by atoms with E-state index in [0.29, 0.717) is 22.4 Å². The molecule has 0 aliphatic rings. The number of carbonyl (C=O) groups excluding carboxylic acids is 3. The highest BCUT2D eigenvalue weighted by Gasteiger charge is 2.28. The Kier molecular flexibility index (Phi) is 15.0. The summed E-state index contributed by atoms with van der Waals surface area (Å²) in [5, 5.41) is 16.6. The number of rotatable bonds is 15. The Morgan fingerprint density at radius 2 is 1.69 bits per heavy atom. The normalized spacial score (nSPS) is 12.4. The van der Waals surface area contributed by atoms with E-state index in [0.717, 1.165) is 0 Å². The topological polar surface area (TPSA) is 210 Å². The molecule has 3 aromatic carbocycles. The van der Waals surface area contributed by atoms with Crippen molar-refractivity contribution in [2.45, 2.75) is 13.0 Å². The quantitative estimate of drug-likeness (QED) is 0.0756. The molecule has 0 saturated carbocycles. The van der Waals surface area contributed by atoms with E-state index in [1.807, 2.05) is 0 Å². The summed E-state index contributed by atoms with van der Waals surface area (Å²) in [6, 6.07) is 16.3. The molecule has 51 heavy (non-hydrogen) atoms. The lowest BCUT2D eigenvalue weighted by Crippen LogP contribution is -2.34. The number of pyridine rings is 1. The first-order valence-electron chi connectivity index (χ1n) is 14.6. The van der Waals surface area contributed by atoms with Crippen LogP contribution in [-0.4, -0.2) is 74.0 Å². The fraction of sp³-hybridized carbons (Fsp3) is 0.219. The van der Waals surface area contributed by atoms with E-state index in [1.165, 1.54) is 51.6 Å². The van der Waals surface area contributed by atoms with Gasteiger partial charge in [0.25, 0.3) is 13.4 Å². The van der Waals surface area contributed by atoms with Crippen molar-refractivity contribution in [3.05, 3.63) is 83.5 Å². The van der Waals surface area contributed by atoms with E-state index in [4.69, 9.17) is 44.9 Å². The number of imide groups is 1. The first-order valence-corrected chi connectivity index (χ1v) is 16.8. The number of carbonyl (C=O) groups is 4. The summed E-state index contributed by atoms with van der Waals surface area (Å²) in [4.78, 5) is 53.2. The van der Waals surface area contributed by atoms with Gasteiger partial charge in [-0.2, -0.15) is 0 Å². The van der Waals surface area contributed by atoms with Gasteiger partial charge in [0, 0.05) is 30.8 Å². The Morgan fingerprint density at radius 3 is 2.35 bits per heavy atom.